The number of likely N-dealkylation sites (tertiary alicyclic amines) is 1. The summed E-state index contributed by atoms with van der Waals surface area (Å²) < 4.78 is 11.8. The molecule has 7 heteroatoms. The molecule has 1 N–H and O–H groups in total. The van der Waals surface area contributed by atoms with E-state index in [-0.39, 0.29) is 0 Å². The summed E-state index contributed by atoms with van der Waals surface area (Å²) in [4.78, 5) is 13.9. The van der Waals surface area contributed by atoms with Crippen LogP contribution in [-0.4, -0.2) is 74.5 Å². The fourth-order valence-electron chi connectivity index (χ4n) is 4.81. The van der Waals surface area contributed by atoms with Crippen molar-refractivity contribution in [1.29, 1.82) is 0 Å². The summed E-state index contributed by atoms with van der Waals surface area (Å²) >= 11 is 0. The highest BCUT2D eigenvalue weighted by atomic mass is 16.5. The molecule has 0 bridgehead atoms. The lowest BCUT2D eigenvalue weighted by atomic mass is 10.1. The summed E-state index contributed by atoms with van der Waals surface area (Å²) in [5.41, 5.74) is 1.25. The van der Waals surface area contributed by atoms with Crippen molar-refractivity contribution >= 4 is 11.8 Å². The van der Waals surface area contributed by atoms with Crippen LogP contribution in [0.1, 0.15) is 56.9 Å². The third-order valence-electron chi connectivity index (χ3n) is 6.69. The number of nitrogens with zero attached hydrogens (tertiary/aromatic N) is 4. The molecule has 0 spiro atoms. The Labute approximate surface area is 187 Å². The summed E-state index contributed by atoms with van der Waals surface area (Å²) in [6.07, 6.45) is 12.2. The first-order valence-electron chi connectivity index (χ1n) is 12.2. The van der Waals surface area contributed by atoms with Gasteiger partial charge in [0.1, 0.15) is 5.82 Å². The normalized spacial score (nSPS) is 23.8. The van der Waals surface area contributed by atoms with Gasteiger partial charge in [0.2, 0.25) is 0 Å². The number of nitrogens with one attached hydrogen (secondary N) is 1. The molecule has 1 aromatic rings. The Hall–Kier alpha value is -1.86. The van der Waals surface area contributed by atoms with Crippen LogP contribution < -0.4 is 10.2 Å². The van der Waals surface area contributed by atoms with E-state index in [1.165, 1.54) is 37.7 Å². The van der Waals surface area contributed by atoms with E-state index >= 15 is 0 Å². The van der Waals surface area contributed by atoms with Gasteiger partial charge in [0.15, 0.2) is 5.96 Å². The highest BCUT2D eigenvalue weighted by Gasteiger charge is 2.24. The number of rotatable bonds is 6. The lowest BCUT2D eigenvalue weighted by Gasteiger charge is -2.34. The van der Waals surface area contributed by atoms with Gasteiger partial charge in [-0.15, -0.1) is 0 Å². The summed E-state index contributed by atoms with van der Waals surface area (Å²) in [5, 5.41) is 3.56. The van der Waals surface area contributed by atoms with Crippen LogP contribution in [0, 0.1) is 0 Å². The molecule has 4 rings (SSSR count). The van der Waals surface area contributed by atoms with E-state index in [1.807, 2.05) is 13.2 Å². The van der Waals surface area contributed by atoms with Crippen LogP contribution in [0.5, 0.6) is 0 Å². The largest absolute Gasteiger partial charge is 0.376 e. The Bertz CT molecular complexity index is 691. The highest BCUT2D eigenvalue weighted by molar-refractivity contribution is 5.80. The fraction of sp³-hybridized carbons (Fsp3) is 0.750. The van der Waals surface area contributed by atoms with Crippen LogP contribution in [0.3, 0.4) is 0 Å². The quantitative estimate of drug-likeness (QED) is 0.554. The highest BCUT2D eigenvalue weighted by Crippen LogP contribution is 2.19. The maximum atomic E-state index is 6.11. The molecule has 3 saturated heterocycles. The molecule has 0 saturated carbocycles. The lowest BCUT2D eigenvalue weighted by Crippen LogP contribution is -2.47. The van der Waals surface area contributed by atoms with E-state index in [9.17, 15) is 0 Å². The number of anilines is 1. The smallest absolute Gasteiger partial charge is 0.193 e. The van der Waals surface area contributed by atoms with E-state index in [0.29, 0.717) is 12.2 Å². The third-order valence-corrected chi connectivity index (χ3v) is 6.69. The molecule has 172 valence electrons. The molecule has 0 aromatic carbocycles. The first-order chi connectivity index (χ1) is 15.3. The standard InChI is InChI=1S/C24H39N5O2/c1-25-24(29-14-9-21(10-15-29)31-19-22-7-6-16-30-22)27-18-20-8-11-26-23(17-20)28-12-4-2-3-5-13-28/h8,11,17,21-22H,2-7,9-10,12-16,18-19H2,1H3,(H,25,27). The Morgan fingerprint density at radius 2 is 1.94 bits per heavy atom. The van der Waals surface area contributed by atoms with Crippen molar-refractivity contribution in [3.05, 3.63) is 23.9 Å². The molecule has 1 atom stereocenters. The van der Waals surface area contributed by atoms with Gasteiger partial charge in [0, 0.05) is 52.6 Å². The van der Waals surface area contributed by atoms with Crippen LogP contribution in [-0.2, 0) is 16.0 Å². The van der Waals surface area contributed by atoms with Gasteiger partial charge in [-0.1, -0.05) is 12.8 Å². The van der Waals surface area contributed by atoms with E-state index in [1.54, 1.807) is 0 Å². The lowest BCUT2D eigenvalue weighted by molar-refractivity contribution is -0.0367. The Morgan fingerprint density at radius 1 is 1.13 bits per heavy atom. The minimum Gasteiger partial charge on any atom is -0.376 e. The molecule has 1 unspecified atom stereocenters. The van der Waals surface area contributed by atoms with Crippen molar-refractivity contribution in [2.45, 2.75) is 70.1 Å². The summed E-state index contributed by atoms with van der Waals surface area (Å²) in [6.45, 7) is 6.61. The monoisotopic (exact) mass is 429 g/mol. The predicted molar refractivity (Wildman–Crippen MR) is 125 cm³/mol. The van der Waals surface area contributed by atoms with Crippen LogP contribution >= 0.6 is 0 Å². The maximum absolute atomic E-state index is 6.11. The van der Waals surface area contributed by atoms with Gasteiger partial charge in [-0.2, -0.15) is 0 Å². The number of hydrogen-bond acceptors (Lipinski definition) is 5. The van der Waals surface area contributed by atoms with Gasteiger partial charge in [-0.3, -0.25) is 4.99 Å². The van der Waals surface area contributed by atoms with Gasteiger partial charge in [-0.25, -0.2) is 4.98 Å². The van der Waals surface area contributed by atoms with E-state index < -0.39 is 0 Å². The van der Waals surface area contributed by atoms with Gasteiger partial charge in [0.25, 0.3) is 0 Å². The molecule has 31 heavy (non-hydrogen) atoms. The Kier molecular flexibility index (Phi) is 8.41. The molecule has 4 heterocycles. The molecular weight excluding hydrogens is 390 g/mol. The number of piperidine rings is 1. The van der Waals surface area contributed by atoms with E-state index in [2.05, 4.69) is 37.2 Å². The Morgan fingerprint density at radius 3 is 2.65 bits per heavy atom. The zero-order chi connectivity index (χ0) is 21.3. The minimum atomic E-state index is 0.312. The second kappa shape index (κ2) is 11.7. The number of aliphatic imine (C=N–C) groups is 1. The van der Waals surface area contributed by atoms with Crippen molar-refractivity contribution in [2.75, 3.05) is 51.3 Å². The van der Waals surface area contributed by atoms with Crippen molar-refractivity contribution in [1.82, 2.24) is 15.2 Å². The molecule has 3 aliphatic heterocycles. The molecular formula is C24H39N5O2. The number of hydrogen-bond donors (Lipinski definition) is 1. The van der Waals surface area contributed by atoms with Gasteiger partial charge in [-0.05, 0) is 56.2 Å². The molecule has 7 nitrogen and oxygen atoms in total. The zero-order valence-electron chi connectivity index (χ0n) is 19.1. The molecule has 0 radical (unpaired) electrons. The van der Waals surface area contributed by atoms with E-state index in [0.717, 1.165) is 77.0 Å². The average molecular weight is 430 g/mol. The number of ether oxygens (including phenoxy) is 2. The Balaban J connectivity index is 1.23. The molecule has 0 amide bonds. The van der Waals surface area contributed by atoms with Crippen molar-refractivity contribution in [3.63, 3.8) is 0 Å². The molecule has 3 fully saturated rings. The van der Waals surface area contributed by atoms with Crippen LogP contribution in [0.4, 0.5) is 5.82 Å². The van der Waals surface area contributed by atoms with Crippen LogP contribution in [0.25, 0.3) is 0 Å². The second-order valence-electron chi connectivity index (χ2n) is 8.98. The number of pyridine rings is 1. The summed E-state index contributed by atoms with van der Waals surface area (Å²) in [6, 6.07) is 4.34. The average Bonchev–Trinajstić information content (AvgIpc) is 3.19. The van der Waals surface area contributed by atoms with Gasteiger partial charge < -0.3 is 24.6 Å². The second-order valence-corrected chi connectivity index (χ2v) is 8.98. The van der Waals surface area contributed by atoms with Gasteiger partial charge >= 0.3 is 0 Å². The predicted octanol–water partition coefficient (Wildman–Crippen LogP) is 3.20. The van der Waals surface area contributed by atoms with Crippen molar-refractivity contribution in [2.24, 2.45) is 4.99 Å². The van der Waals surface area contributed by atoms with Gasteiger partial charge in [0.05, 0.1) is 18.8 Å². The third kappa shape index (κ3) is 6.56. The van der Waals surface area contributed by atoms with Crippen LogP contribution in [0.15, 0.2) is 23.3 Å². The summed E-state index contributed by atoms with van der Waals surface area (Å²) in [7, 11) is 1.87. The number of guanidine groups is 1. The van der Waals surface area contributed by atoms with E-state index in [4.69, 9.17) is 9.47 Å². The van der Waals surface area contributed by atoms with Crippen LogP contribution in [0.2, 0.25) is 0 Å². The molecule has 1 aromatic heterocycles. The fourth-order valence-corrected chi connectivity index (χ4v) is 4.81. The number of aromatic nitrogens is 1. The van der Waals surface area contributed by atoms with Crippen molar-refractivity contribution < 1.29 is 9.47 Å². The molecule has 0 aliphatic carbocycles. The first-order valence-corrected chi connectivity index (χ1v) is 12.2. The topological polar surface area (TPSA) is 62.2 Å². The maximum Gasteiger partial charge on any atom is 0.193 e. The molecule has 3 aliphatic rings. The minimum absolute atomic E-state index is 0.312. The summed E-state index contributed by atoms with van der Waals surface area (Å²) in [5.74, 6) is 2.09. The van der Waals surface area contributed by atoms with Crippen molar-refractivity contribution in [3.8, 4) is 0 Å². The zero-order valence-corrected chi connectivity index (χ0v) is 19.1. The first kappa shape index (κ1) is 22.3. The SMILES string of the molecule is CN=C(NCc1ccnc(N2CCCCCC2)c1)N1CCC(OCC2CCCO2)CC1.